The highest BCUT2D eigenvalue weighted by Gasteiger charge is 2.14. The molecule has 0 saturated heterocycles. The van der Waals surface area contributed by atoms with Crippen molar-refractivity contribution in [3.05, 3.63) is 17.8 Å². The summed E-state index contributed by atoms with van der Waals surface area (Å²) in [6, 6.07) is 2.69. The second-order valence-corrected chi connectivity index (χ2v) is 3.71. The standard InChI is InChI=1S/C7H9NO5S/c1-5(9)6-3-4-7(8(6)2)13-14(10,11)12/h3-4H,1-2H3,(H,10,11,12). The second-order valence-electron chi connectivity index (χ2n) is 2.68. The fraction of sp³-hybridized carbons (Fsp3) is 0.286. The Labute approximate surface area is 81.1 Å². The Morgan fingerprint density at radius 1 is 1.50 bits per heavy atom. The van der Waals surface area contributed by atoms with Crippen LogP contribution in [-0.4, -0.2) is 23.3 Å². The Kier molecular flexibility index (Phi) is 2.63. The third kappa shape index (κ3) is 2.33. The number of aromatic nitrogens is 1. The molecule has 1 N–H and O–H groups in total. The van der Waals surface area contributed by atoms with Crippen molar-refractivity contribution in [1.29, 1.82) is 0 Å². The molecule has 0 aliphatic heterocycles. The molecule has 0 saturated carbocycles. The van der Waals surface area contributed by atoms with E-state index in [9.17, 15) is 13.2 Å². The van der Waals surface area contributed by atoms with Crippen molar-refractivity contribution in [3.63, 3.8) is 0 Å². The highest BCUT2D eigenvalue weighted by molar-refractivity contribution is 7.81. The van der Waals surface area contributed by atoms with E-state index in [1.807, 2.05) is 0 Å². The maximum atomic E-state index is 11.0. The third-order valence-electron chi connectivity index (χ3n) is 1.63. The van der Waals surface area contributed by atoms with Gasteiger partial charge >= 0.3 is 10.4 Å². The van der Waals surface area contributed by atoms with Gasteiger partial charge in [0.2, 0.25) is 5.88 Å². The Balaban J connectivity index is 3.08. The number of ketones is 1. The molecule has 6 nitrogen and oxygen atoms in total. The summed E-state index contributed by atoms with van der Waals surface area (Å²) in [6.07, 6.45) is 0. The number of Topliss-reactive ketones (excluding diaryl/α,β-unsaturated/α-hetero) is 1. The molecule has 78 valence electrons. The van der Waals surface area contributed by atoms with Gasteiger partial charge in [-0.3, -0.25) is 9.35 Å². The van der Waals surface area contributed by atoms with Gasteiger partial charge in [-0.05, 0) is 6.07 Å². The minimum absolute atomic E-state index is 0.113. The number of hydrogen-bond acceptors (Lipinski definition) is 4. The van der Waals surface area contributed by atoms with E-state index in [0.717, 1.165) is 0 Å². The predicted octanol–water partition coefficient (Wildman–Crippen LogP) is 0.409. The summed E-state index contributed by atoms with van der Waals surface area (Å²) in [6.45, 7) is 1.34. The minimum Gasteiger partial charge on any atom is -0.343 e. The van der Waals surface area contributed by atoms with Crippen LogP contribution in [0.25, 0.3) is 0 Å². The molecular formula is C7H9NO5S. The van der Waals surface area contributed by atoms with Crippen molar-refractivity contribution in [2.24, 2.45) is 7.05 Å². The highest BCUT2D eigenvalue weighted by atomic mass is 32.3. The van der Waals surface area contributed by atoms with Crippen LogP contribution in [0.4, 0.5) is 0 Å². The molecule has 1 rings (SSSR count). The van der Waals surface area contributed by atoms with Crippen LogP contribution in [0.5, 0.6) is 5.88 Å². The number of carbonyl (C=O) groups is 1. The average molecular weight is 219 g/mol. The van der Waals surface area contributed by atoms with Crippen molar-refractivity contribution < 1.29 is 21.9 Å². The van der Waals surface area contributed by atoms with E-state index in [2.05, 4.69) is 4.18 Å². The lowest BCUT2D eigenvalue weighted by molar-refractivity contribution is 0.100. The van der Waals surface area contributed by atoms with Crippen molar-refractivity contribution >= 4 is 16.2 Å². The van der Waals surface area contributed by atoms with Gasteiger partial charge < -0.3 is 8.75 Å². The van der Waals surface area contributed by atoms with Crippen LogP contribution in [-0.2, 0) is 17.4 Å². The maximum absolute atomic E-state index is 11.0. The Hall–Kier alpha value is -1.34. The summed E-state index contributed by atoms with van der Waals surface area (Å²) >= 11 is 0. The van der Waals surface area contributed by atoms with Crippen LogP contribution in [0.2, 0.25) is 0 Å². The molecule has 1 aromatic heterocycles. The lowest BCUT2D eigenvalue weighted by Gasteiger charge is -2.03. The first-order chi connectivity index (χ1) is 6.31. The van der Waals surface area contributed by atoms with E-state index in [1.165, 1.54) is 30.7 Å². The van der Waals surface area contributed by atoms with E-state index in [1.54, 1.807) is 0 Å². The fourth-order valence-electron chi connectivity index (χ4n) is 1.04. The zero-order chi connectivity index (χ0) is 10.9. The SMILES string of the molecule is CC(=O)c1ccc(OS(=O)(=O)O)n1C. The molecule has 1 aromatic rings. The molecule has 14 heavy (non-hydrogen) atoms. The molecule has 7 heteroatoms. The molecule has 0 unspecified atom stereocenters. The van der Waals surface area contributed by atoms with Crippen molar-refractivity contribution in [2.45, 2.75) is 6.92 Å². The second kappa shape index (κ2) is 3.43. The summed E-state index contributed by atoms with van der Waals surface area (Å²) in [5.74, 6) is -0.338. The summed E-state index contributed by atoms with van der Waals surface area (Å²) in [5, 5.41) is 0. The fourth-order valence-corrected chi connectivity index (χ4v) is 1.42. The smallest absolute Gasteiger partial charge is 0.343 e. The first kappa shape index (κ1) is 10.7. The van der Waals surface area contributed by atoms with E-state index >= 15 is 0 Å². The Morgan fingerprint density at radius 3 is 2.43 bits per heavy atom. The first-order valence-electron chi connectivity index (χ1n) is 3.65. The summed E-state index contributed by atoms with van der Waals surface area (Å²) < 4.78 is 34.6. The van der Waals surface area contributed by atoms with Gasteiger partial charge in [0.05, 0.1) is 5.69 Å². The van der Waals surface area contributed by atoms with Crippen LogP contribution in [0, 0.1) is 0 Å². The molecule has 0 bridgehead atoms. The molecular weight excluding hydrogens is 210 g/mol. The zero-order valence-corrected chi connectivity index (χ0v) is 8.41. The monoisotopic (exact) mass is 219 g/mol. The van der Waals surface area contributed by atoms with Gasteiger partial charge in [0.15, 0.2) is 5.78 Å². The molecule has 0 aliphatic carbocycles. The van der Waals surface area contributed by atoms with Gasteiger partial charge in [-0.2, -0.15) is 8.42 Å². The van der Waals surface area contributed by atoms with Crippen LogP contribution in [0.3, 0.4) is 0 Å². The lowest BCUT2D eigenvalue weighted by atomic mass is 10.3. The van der Waals surface area contributed by atoms with Gasteiger partial charge in [-0.25, -0.2) is 0 Å². The van der Waals surface area contributed by atoms with Crippen molar-refractivity contribution in [3.8, 4) is 5.88 Å². The Bertz CT molecular complexity index is 458. The van der Waals surface area contributed by atoms with Gasteiger partial charge in [0.25, 0.3) is 0 Å². The lowest BCUT2D eigenvalue weighted by Crippen LogP contribution is -2.11. The molecule has 0 radical (unpaired) electrons. The molecule has 0 aromatic carbocycles. The number of carbonyl (C=O) groups excluding carboxylic acids is 1. The summed E-state index contributed by atoms with van der Waals surface area (Å²) in [4.78, 5) is 11.0. The molecule has 0 spiro atoms. The van der Waals surface area contributed by atoms with Crippen LogP contribution >= 0.6 is 0 Å². The van der Waals surface area contributed by atoms with Crippen LogP contribution < -0.4 is 4.18 Å². The minimum atomic E-state index is -4.54. The molecule has 0 atom stereocenters. The van der Waals surface area contributed by atoms with Crippen LogP contribution in [0.1, 0.15) is 17.4 Å². The largest absolute Gasteiger partial charge is 0.447 e. The van der Waals surface area contributed by atoms with E-state index in [-0.39, 0.29) is 11.7 Å². The van der Waals surface area contributed by atoms with Gasteiger partial charge in [-0.1, -0.05) is 0 Å². The first-order valence-corrected chi connectivity index (χ1v) is 5.01. The molecule has 0 amide bonds. The zero-order valence-electron chi connectivity index (χ0n) is 7.59. The van der Waals surface area contributed by atoms with Crippen molar-refractivity contribution in [1.82, 2.24) is 4.57 Å². The van der Waals surface area contributed by atoms with Crippen LogP contribution in [0.15, 0.2) is 12.1 Å². The van der Waals surface area contributed by atoms with Gasteiger partial charge in [-0.15, -0.1) is 0 Å². The molecule has 0 fully saturated rings. The van der Waals surface area contributed by atoms with E-state index < -0.39 is 10.4 Å². The average Bonchev–Trinajstić information content (AvgIpc) is 2.29. The summed E-state index contributed by atoms with van der Waals surface area (Å²) in [7, 11) is -3.09. The van der Waals surface area contributed by atoms with E-state index in [0.29, 0.717) is 5.69 Å². The van der Waals surface area contributed by atoms with E-state index in [4.69, 9.17) is 4.55 Å². The third-order valence-corrected chi connectivity index (χ3v) is 2.01. The number of hydrogen-bond donors (Lipinski definition) is 1. The highest BCUT2D eigenvalue weighted by Crippen LogP contribution is 2.16. The number of rotatable bonds is 3. The molecule has 0 aliphatic rings. The predicted molar refractivity (Wildman–Crippen MR) is 47.6 cm³/mol. The quantitative estimate of drug-likeness (QED) is 0.587. The number of nitrogens with zero attached hydrogens (tertiary/aromatic N) is 1. The maximum Gasteiger partial charge on any atom is 0.447 e. The van der Waals surface area contributed by atoms with Gasteiger partial charge in [0.1, 0.15) is 0 Å². The van der Waals surface area contributed by atoms with Crippen molar-refractivity contribution in [2.75, 3.05) is 0 Å². The van der Waals surface area contributed by atoms with Gasteiger partial charge in [0, 0.05) is 20.0 Å². The topological polar surface area (TPSA) is 85.6 Å². The normalized spacial score (nSPS) is 11.4. The Morgan fingerprint density at radius 2 is 2.07 bits per heavy atom. The molecule has 1 heterocycles. The summed E-state index contributed by atoms with van der Waals surface area (Å²) in [5.41, 5.74) is 0.295.